The van der Waals surface area contributed by atoms with Gasteiger partial charge in [0.05, 0.1) is 57.7 Å². The van der Waals surface area contributed by atoms with Gasteiger partial charge < -0.3 is 62.3 Å². The number of imidazole rings is 3. The van der Waals surface area contributed by atoms with Crippen molar-refractivity contribution in [2.75, 3.05) is 20.5 Å². The van der Waals surface area contributed by atoms with E-state index in [1.807, 2.05) is 75.3 Å². The van der Waals surface area contributed by atoms with Gasteiger partial charge in [0, 0.05) is 153 Å². The van der Waals surface area contributed by atoms with Gasteiger partial charge in [-0.1, -0.05) is 128 Å². The summed E-state index contributed by atoms with van der Waals surface area (Å²) < 4.78 is 73.5. The Bertz CT molecular complexity index is 5330. The number of carbonyl (C=O) groups is 2. The van der Waals surface area contributed by atoms with Crippen LogP contribution in [-0.4, -0.2) is 165 Å². The molecule has 0 saturated heterocycles. The summed E-state index contributed by atoms with van der Waals surface area (Å²) in [6, 6.07) is 10.4. The second-order valence-corrected chi connectivity index (χ2v) is 31.2. The molecule has 0 aliphatic carbocycles. The Morgan fingerprint density at radius 3 is 1.10 bits per heavy atom. The van der Waals surface area contributed by atoms with E-state index in [2.05, 4.69) is 108 Å². The number of nitrogens with one attached hydrogen (secondary N) is 1. The number of aliphatic hydroxyl groups excluding tert-OH is 2. The molecule has 12 rings (SSSR count). The molecule has 46 heteroatoms. The van der Waals surface area contributed by atoms with Crippen LogP contribution in [0.5, 0.6) is 0 Å². The fraction of sp³-hybridized carbons (Fsp3) is 0.485. The molecule has 114 heavy (non-hydrogen) atoms. The molecule has 0 aliphatic heterocycles. The smallest absolute Gasteiger partial charge is 1.00 e. The zero-order chi connectivity index (χ0) is 84.4. The Hall–Kier alpha value is -9.33. The number of carboxylic acid groups (broad SMARTS) is 1. The van der Waals surface area contributed by atoms with Crippen molar-refractivity contribution in [3.05, 3.63) is 187 Å². The van der Waals surface area contributed by atoms with Crippen LogP contribution in [0.25, 0.3) is 33.5 Å². The number of carboxylic acids is 1. The predicted octanol–water partition coefficient (Wildman–Crippen LogP) is 4.28. The molecule has 0 aromatic carbocycles. The Morgan fingerprint density at radius 2 is 0.816 bits per heavy atom. The van der Waals surface area contributed by atoms with Gasteiger partial charge in [0.1, 0.15) is 51.6 Å². The van der Waals surface area contributed by atoms with Crippen LogP contribution >= 0.6 is 32.0 Å². The molecular weight excluding hydrogens is 1610 g/mol. The molecule has 39 nitrogen and oxygen atoms in total. The van der Waals surface area contributed by atoms with Crippen molar-refractivity contribution in [3.63, 3.8) is 0 Å². The zero-order valence-electron chi connectivity index (χ0n) is 67.2. The first-order chi connectivity index (χ1) is 51.9. The summed E-state index contributed by atoms with van der Waals surface area (Å²) in [6.45, 7) is 26.1. The number of aromatic nitrogens is 18. The summed E-state index contributed by atoms with van der Waals surface area (Å²) in [5, 5.41) is 46.4. The van der Waals surface area contributed by atoms with Crippen LogP contribution in [0.15, 0.2) is 111 Å². The van der Waals surface area contributed by atoms with Crippen LogP contribution < -0.4 is 52.6 Å². The van der Waals surface area contributed by atoms with Gasteiger partial charge in [-0.25, -0.2) is 51.6 Å². The van der Waals surface area contributed by atoms with Gasteiger partial charge in [-0.05, 0) is 6.42 Å². The van der Waals surface area contributed by atoms with Crippen molar-refractivity contribution in [1.29, 1.82) is 0 Å². The third kappa shape index (κ3) is 30.8. The normalized spacial score (nSPS) is 10.6. The molecule has 0 amide bonds. The van der Waals surface area contributed by atoms with E-state index in [1.165, 1.54) is 45.9 Å². The van der Waals surface area contributed by atoms with E-state index in [1.54, 1.807) is 80.3 Å². The molecule has 0 aliphatic rings. The number of aliphatic hydroxyl groups is 2. The average Bonchev–Trinajstić information content (AvgIpc) is 1.63. The van der Waals surface area contributed by atoms with Gasteiger partial charge >= 0.3 is 47.9 Å². The van der Waals surface area contributed by atoms with Crippen LogP contribution in [0, 0.1) is 0 Å². The number of aryl methyl sites for hydroxylation is 7. The minimum absolute atomic E-state index is 0. The van der Waals surface area contributed by atoms with E-state index >= 15 is 0 Å². The number of H-pyrrole nitrogens is 1. The van der Waals surface area contributed by atoms with Gasteiger partial charge in [0.25, 0.3) is 16.7 Å². The SMILES string of the molecule is C.CC(C)c1cc(C(=O)O)no1.CC(C)c1cc(CO)no1.CC(C)c1cc(Cn2c(=O)c3c(ncn3C)n(C)c2=O)no1.CC(C)c1cc(Cn2c(=O)c3c(ncn3C)n(C)c2=O)no1.CCc1cc(C(C)C)on1.CO.COC(=O)c1cc(C(C)C)on1.CS(=O)(=O)Cl.Cn1cnc2c1c(=O)[nH]c(=O)n2C.O=S(Cl)Cl.[AlH3].[H-].[Li+]. The number of methoxy groups -OCH3 is 1. The Kier molecular flexibility index (Phi) is 44.8. The topological polar surface area (TPSA) is 508 Å². The monoisotopic (exact) mass is 1710 g/mol. The number of rotatable bonds is 14. The van der Waals surface area contributed by atoms with Gasteiger partial charge in [-0.3, -0.25) is 42.2 Å². The number of carbonyl (C=O) groups excluding carboxylic acids is 1. The minimum atomic E-state index is -3.19. The first-order valence-corrected chi connectivity index (χ1v) is 39.0. The van der Waals surface area contributed by atoms with Crippen molar-refractivity contribution in [2.24, 2.45) is 42.3 Å². The number of hydrogen-bond acceptors (Lipinski definition) is 29. The van der Waals surface area contributed by atoms with Crippen LogP contribution in [0.2, 0.25) is 0 Å². The fourth-order valence-corrected chi connectivity index (χ4v) is 8.87. The van der Waals surface area contributed by atoms with Gasteiger partial charge in [-0.2, -0.15) is 0 Å². The van der Waals surface area contributed by atoms with Crippen LogP contribution in [0.4, 0.5) is 0 Å². The maximum Gasteiger partial charge on any atom is 1.00 e. The standard InChI is InChI=1S/2C14H17N5O3.C8H11NO3.C8H13NO.C7H8N4O2.C7H9NO3.C7H11NO2.CH3ClO2S.CH4O.CH4.Al.Cl2OS.Li.4H/c2*1-8(2)10-5-9(16-22-10)6-19-13(20)11-12(15-7-17(11)3)18(4)14(19)21;1-5(2)7-4-6(9-12-7)8(10)11-3;1-4-7-5-8(6(2)3)10-9-7;1-10-3-8-5-4(10)6(12)9-7(13)11(5)2;1-4(2)6-3-5(7(9)10)8-11-6;1-5(2)7-3-6(4-9)8-10-7;1-5(2,3)4;1-2;;;1-4(2)3;;;;;/h2*5,7-8H,6H2,1-4H3;4-5H,1-3H3;5-6H,4H2,1-3H3;3H,1-2H3,(H,9,12,13);3-4H,1-2H3,(H,9,10);3,5,9H,4H2,1-2H3;1H3;2H,1H3;1H4;;;;;;;/q;;;;;;;;;;;;+1;;;;-1. The van der Waals surface area contributed by atoms with E-state index in [-0.39, 0.29) is 111 Å². The second kappa shape index (κ2) is 48.8. The number of nitrogens with zero attached hydrogens (tertiary/aromatic N) is 17. The molecular formula is C68H101AlCl3LiN18O21S2. The molecule has 626 valence electrons. The quantitative estimate of drug-likeness (QED) is 0.0670. The van der Waals surface area contributed by atoms with Crippen molar-refractivity contribution < 1.29 is 89.7 Å². The third-order valence-corrected chi connectivity index (χ3v) is 14.9. The molecule has 4 N–H and O–H groups in total. The first-order valence-electron chi connectivity index (χ1n) is 33.5. The van der Waals surface area contributed by atoms with E-state index in [0.29, 0.717) is 73.9 Å². The molecule has 0 bridgehead atoms. The van der Waals surface area contributed by atoms with Crippen LogP contribution in [-0.2, 0) is 91.4 Å². The molecule has 0 saturated carbocycles. The molecule has 12 heterocycles. The van der Waals surface area contributed by atoms with E-state index in [0.717, 1.165) is 57.7 Å². The number of aromatic amines is 1. The number of hydrogen-bond donors (Lipinski definition) is 4. The number of ether oxygens (including phenoxy) is 1. The number of esters is 1. The van der Waals surface area contributed by atoms with Crippen molar-refractivity contribution in [1.82, 2.24) is 87.4 Å². The Labute approximate surface area is 694 Å². The fourth-order valence-electron chi connectivity index (χ4n) is 8.87. The largest absolute Gasteiger partial charge is 1.00 e. The van der Waals surface area contributed by atoms with Gasteiger partial charge in [0.15, 0.2) is 62.2 Å². The summed E-state index contributed by atoms with van der Waals surface area (Å²) in [6.07, 6.45) is 6.41. The second-order valence-electron chi connectivity index (χ2n) is 25.6. The van der Waals surface area contributed by atoms with E-state index < -0.39 is 52.8 Å². The molecule has 0 unspecified atom stereocenters. The summed E-state index contributed by atoms with van der Waals surface area (Å²) in [4.78, 5) is 108. The number of fused-ring (bicyclic) bond motifs is 3. The number of halogens is 3. The molecule has 0 spiro atoms. The third-order valence-electron chi connectivity index (χ3n) is 14.9. The van der Waals surface area contributed by atoms with Crippen molar-refractivity contribution in [3.8, 4) is 0 Å². The van der Waals surface area contributed by atoms with Gasteiger partial charge in [-0.15, -0.1) is 0 Å². The molecule has 12 aromatic rings. The minimum Gasteiger partial charge on any atom is -1.00 e. The molecule has 12 aromatic heterocycles. The summed E-state index contributed by atoms with van der Waals surface area (Å²) >= 11 is 0. The maximum absolute atomic E-state index is 12.6. The van der Waals surface area contributed by atoms with E-state index in [4.69, 9.17) is 46.7 Å². The molecule has 0 fully saturated rings. The van der Waals surface area contributed by atoms with Crippen LogP contribution in [0.1, 0.15) is 213 Å². The maximum atomic E-state index is 12.6. The first kappa shape index (κ1) is 105. The van der Waals surface area contributed by atoms with E-state index in [9.17, 15) is 46.8 Å². The molecule has 0 atom stereocenters. The summed E-state index contributed by atoms with van der Waals surface area (Å²) in [5.41, 5.74) is 2.77. The van der Waals surface area contributed by atoms with Gasteiger partial charge in [0.2, 0.25) is 18.3 Å². The van der Waals surface area contributed by atoms with Crippen molar-refractivity contribution >= 4 is 113 Å². The van der Waals surface area contributed by atoms with Crippen LogP contribution in [0.3, 0.4) is 0 Å². The van der Waals surface area contributed by atoms with Crippen molar-refractivity contribution in [2.45, 2.75) is 159 Å². The Morgan fingerprint density at radius 1 is 0.535 bits per heavy atom. The number of aromatic carboxylic acids is 1. The Balaban J connectivity index is 0. The molecule has 0 radical (unpaired) electrons. The predicted molar refractivity (Wildman–Crippen MR) is 429 cm³/mol. The summed E-state index contributed by atoms with van der Waals surface area (Å²) in [5.74, 6) is 4.61. The average molecular weight is 1710 g/mol. The summed E-state index contributed by atoms with van der Waals surface area (Å²) in [7, 11) is 20.9. The zero-order valence-corrected chi connectivity index (χ0v) is 70.1.